The normalized spacial score (nSPS) is 11.4. The smallest absolute Gasteiger partial charge is 0.252 e. The summed E-state index contributed by atoms with van der Waals surface area (Å²) < 4.78 is 13.8. The first-order valence-electron chi connectivity index (χ1n) is 6.82. The maximum atomic E-state index is 13.2. The second kappa shape index (κ2) is 7.74. The number of hydrogen-bond donors (Lipinski definition) is 2. The van der Waals surface area contributed by atoms with E-state index in [9.17, 15) is 9.18 Å². The Balaban J connectivity index is 2.77. The molecule has 0 unspecified atom stereocenters. The number of benzene rings is 1. The number of rotatable bonds is 7. The van der Waals surface area contributed by atoms with Gasteiger partial charge in [0.25, 0.3) is 5.91 Å². The van der Waals surface area contributed by atoms with Gasteiger partial charge in [-0.1, -0.05) is 13.8 Å². The predicted molar refractivity (Wildman–Crippen MR) is 81.2 cm³/mol. The molecule has 0 spiro atoms. The van der Waals surface area contributed by atoms with E-state index in [0.29, 0.717) is 17.4 Å². The molecule has 0 aliphatic carbocycles. The van der Waals surface area contributed by atoms with Crippen molar-refractivity contribution in [3.05, 3.63) is 34.1 Å². The van der Waals surface area contributed by atoms with Crippen molar-refractivity contribution in [1.29, 1.82) is 0 Å². The Morgan fingerprint density at radius 1 is 1.40 bits per heavy atom. The predicted octanol–water partition coefficient (Wildman–Crippen LogP) is 3.51. The van der Waals surface area contributed by atoms with Gasteiger partial charge in [0.2, 0.25) is 0 Å². The van der Waals surface area contributed by atoms with Gasteiger partial charge in [-0.3, -0.25) is 4.79 Å². The first-order chi connectivity index (χ1) is 9.48. The fraction of sp³-hybridized carbons (Fsp3) is 0.533. The number of nitrogens with one attached hydrogen (secondary N) is 1. The molecule has 0 bridgehead atoms. The van der Waals surface area contributed by atoms with E-state index in [-0.39, 0.29) is 23.5 Å². The van der Waals surface area contributed by atoms with Crippen LogP contribution < -0.4 is 5.32 Å². The Kier molecular flexibility index (Phi) is 6.62. The highest BCUT2D eigenvalue weighted by molar-refractivity contribution is 9.10. The average Bonchev–Trinajstić information content (AvgIpc) is 2.46. The Bertz CT molecular complexity index is 461. The minimum absolute atomic E-state index is 0.0984. The van der Waals surface area contributed by atoms with Gasteiger partial charge in [-0.2, -0.15) is 0 Å². The molecule has 0 aliphatic rings. The molecule has 1 aromatic rings. The third kappa shape index (κ3) is 4.28. The first kappa shape index (κ1) is 17.1. The molecule has 3 nitrogen and oxygen atoms in total. The van der Waals surface area contributed by atoms with Crippen LogP contribution in [0.2, 0.25) is 0 Å². The van der Waals surface area contributed by atoms with Crippen molar-refractivity contribution in [2.24, 2.45) is 5.41 Å². The van der Waals surface area contributed by atoms with Crippen molar-refractivity contribution < 1.29 is 14.3 Å². The van der Waals surface area contributed by atoms with E-state index in [0.717, 1.165) is 12.8 Å². The van der Waals surface area contributed by atoms with Crippen molar-refractivity contribution in [3.8, 4) is 0 Å². The zero-order valence-electron chi connectivity index (χ0n) is 11.9. The molecule has 0 fully saturated rings. The molecule has 0 aliphatic heterocycles. The third-order valence-electron chi connectivity index (χ3n) is 3.94. The van der Waals surface area contributed by atoms with Crippen molar-refractivity contribution in [2.45, 2.75) is 33.1 Å². The lowest BCUT2D eigenvalue weighted by Gasteiger charge is -2.31. The van der Waals surface area contributed by atoms with Crippen molar-refractivity contribution in [3.63, 3.8) is 0 Å². The fourth-order valence-corrected chi connectivity index (χ4v) is 2.64. The van der Waals surface area contributed by atoms with Gasteiger partial charge < -0.3 is 10.4 Å². The van der Waals surface area contributed by atoms with E-state index < -0.39 is 5.82 Å². The summed E-state index contributed by atoms with van der Waals surface area (Å²) >= 11 is 3.25. The van der Waals surface area contributed by atoms with Crippen LogP contribution in [0.5, 0.6) is 0 Å². The summed E-state index contributed by atoms with van der Waals surface area (Å²) in [6, 6.07) is 4.03. The summed E-state index contributed by atoms with van der Waals surface area (Å²) in [6.07, 6.45) is 2.38. The lowest BCUT2D eigenvalue weighted by Crippen LogP contribution is -2.37. The summed E-state index contributed by atoms with van der Waals surface area (Å²) in [5.41, 5.74) is 0.180. The van der Waals surface area contributed by atoms with Crippen LogP contribution in [0.3, 0.4) is 0 Å². The van der Waals surface area contributed by atoms with Crippen LogP contribution in [0.1, 0.15) is 43.5 Å². The molecule has 1 aromatic carbocycles. The Hall–Kier alpha value is -0.940. The molecule has 1 amide bonds. The van der Waals surface area contributed by atoms with Gasteiger partial charge >= 0.3 is 0 Å². The van der Waals surface area contributed by atoms with E-state index in [2.05, 4.69) is 21.2 Å². The minimum atomic E-state index is -0.439. The first-order valence-corrected chi connectivity index (χ1v) is 7.61. The van der Waals surface area contributed by atoms with Gasteiger partial charge in [-0.15, -0.1) is 0 Å². The lowest BCUT2D eigenvalue weighted by molar-refractivity contribution is 0.0906. The highest BCUT2D eigenvalue weighted by atomic mass is 79.9. The van der Waals surface area contributed by atoms with Gasteiger partial charge in [0.05, 0.1) is 5.56 Å². The number of hydrogen-bond acceptors (Lipinski definition) is 2. The SMILES string of the molecule is CCC(CC)(CCO)CNC(=O)c1cc(F)ccc1Br. The van der Waals surface area contributed by atoms with Gasteiger partial charge in [-0.25, -0.2) is 4.39 Å². The summed E-state index contributed by atoms with van der Waals surface area (Å²) in [4.78, 5) is 12.1. The molecule has 0 saturated carbocycles. The van der Waals surface area contributed by atoms with Crippen LogP contribution in [0.25, 0.3) is 0 Å². The molecule has 20 heavy (non-hydrogen) atoms. The number of carbonyl (C=O) groups is 1. The molecule has 0 atom stereocenters. The zero-order chi connectivity index (χ0) is 15.2. The quantitative estimate of drug-likeness (QED) is 0.794. The monoisotopic (exact) mass is 345 g/mol. The summed E-state index contributed by atoms with van der Waals surface area (Å²) in [5, 5.41) is 12.0. The van der Waals surface area contributed by atoms with E-state index in [1.807, 2.05) is 13.8 Å². The number of aliphatic hydroxyl groups is 1. The minimum Gasteiger partial charge on any atom is -0.396 e. The Morgan fingerprint density at radius 3 is 2.60 bits per heavy atom. The van der Waals surface area contributed by atoms with Gasteiger partial charge in [0.15, 0.2) is 0 Å². The number of amides is 1. The van der Waals surface area contributed by atoms with Crippen molar-refractivity contribution in [1.82, 2.24) is 5.32 Å². The van der Waals surface area contributed by atoms with E-state index in [1.54, 1.807) is 0 Å². The third-order valence-corrected chi connectivity index (χ3v) is 4.63. The molecule has 0 heterocycles. The second-order valence-corrected chi connectivity index (χ2v) is 5.84. The molecule has 0 saturated heterocycles. The lowest BCUT2D eigenvalue weighted by atomic mass is 9.79. The molecule has 112 valence electrons. The fourth-order valence-electron chi connectivity index (χ4n) is 2.21. The Labute approximate surface area is 127 Å². The molecule has 5 heteroatoms. The topological polar surface area (TPSA) is 49.3 Å². The summed E-state index contributed by atoms with van der Waals surface area (Å²) in [5.74, 6) is -0.744. The molecular weight excluding hydrogens is 325 g/mol. The van der Waals surface area contributed by atoms with Crippen molar-refractivity contribution >= 4 is 21.8 Å². The summed E-state index contributed by atoms with van der Waals surface area (Å²) in [7, 11) is 0. The maximum Gasteiger partial charge on any atom is 0.252 e. The largest absolute Gasteiger partial charge is 0.396 e. The number of carbonyl (C=O) groups excluding carboxylic acids is 1. The van der Waals surface area contributed by atoms with Gasteiger partial charge in [0, 0.05) is 17.6 Å². The molecule has 0 aromatic heterocycles. The number of halogens is 2. The summed E-state index contributed by atoms with van der Waals surface area (Å²) in [6.45, 7) is 4.66. The van der Waals surface area contributed by atoms with E-state index in [4.69, 9.17) is 5.11 Å². The average molecular weight is 346 g/mol. The molecular formula is C15H21BrFNO2. The van der Waals surface area contributed by atoms with Crippen LogP contribution in [0, 0.1) is 11.2 Å². The van der Waals surface area contributed by atoms with Crippen LogP contribution in [-0.4, -0.2) is 24.2 Å². The number of aliphatic hydroxyl groups excluding tert-OH is 1. The van der Waals surface area contributed by atoms with Gasteiger partial charge in [-0.05, 0) is 58.8 Å². The standard InChI is InChI=1S/C15H21BrFNO2/c1-3-15(4-2,7-8-19)10-18-14(20)12-9-11(17)5-6-13(12)16/h5-6,9,19H,3-4,7-8,10H2,1-2H3,(H,18,20). The molecule has 0 radical (unpaired) electrons. The zero-order valence-corrected chi connectivity index (χ0v) is 13.5. The molecule has 1 rings (SSSR count). The highest BCUT2D eigenvalue weighted by Crippen LogP contribution is 2.29. The van der Waals surface area contributed by atoms with E-state index in [1.165, 1.54) is 18.2 Å². The maximum absolute atomic E-state index is 13.2. The Morgan fingerprint density at radius 2 is 2.05 bits per heavy atom. The van der Waals surface area contributed by atoms with Crippen molar-refractivity contribution in [2.75, 3.05) is 13.2 Å². The van der Waals surface area contributed by atoms with Crippen LogP contribution in [0.4, 0.5) is 4.39 Å². The molecule has 2 N–H and O–H groups in total. The highest BCUT2D eigenvalue weighted by Gasteiger charge is 2.26. The van der Waals surface area contributed by atoms with Crippen LogP contribution >= 0.6 is 15.9 Å². The van der Waals surface area contributed by atoms with Crippen LogP contribution in [-0.2, 0) is 0 Å². The van der Waals surface area contributed by atoms with Gasteiger partial charge in [0.1, 0.15) is 5.82 Å². The second-order valence-electron chi connectivity index (χ2n) is 4.99. The van der Waals surface area contributed by atoms with E-state index >= 15 is 0 Å². The van der Waals surface area contributed by atoms with Crippen LogP contribution in [0.15, 0.2) is 22.7 Å².